The highest BCUT2D eigenvalue weighted by Gasteiger charge is 2.12. The Labute approximate surface area is 145 Å². The first-order chi connectivity index (χ1) is 11.8. The molecule has 2 fully saturated rings. The summed E-state index contributed by atoms with van der Waals surface area (Å²) in [5.74, 6) is 0.583. The zero-order valence-electron chi connectivity index (χ0n) is 14.5. The third-order valence-electron chi connectivity index (χ3n) is 4.95. The lowest BCUT2D eigenvalue weighted by molar-refractivity contribution is 0.122. The number of rotatable bonds is 4. The van der Waals surface area contributed by atoms with Crippen LogP contribution < -0.4 is 16.0 Å². The van der Waals surface area contributed by atoms with Crippen LogP contribution in [0.15, 0.2) is 29.3 Å². The predicted octanol–water partition coefficient (Wildman–Crippen LogP) is 2.65. The van der Waals surface area contributed by atoms with E-state index in [0.29, 0.717) is 18.5 Å². The second kappa shape index (κ2) is 8.92. The van der Waals surface area contributed by atoms with Crippen LogP contribution in [0.1, 0.15) is 44.1 Å². The molecule has 2 aliphatic rings. The summed E-state index contributed by atoms with van der Waals surface area (Å²) in [4.78, 5) is 6.87. The Morgan fingerprint density at radius 3 is 2.42 bits per heavy atom. The molecule has 3 rings (SSSR count). The molecule has 1 aromatic carbocycles. The highest BCUT2D eigenvalue weighted by atomic mass is 16.5. The molecular weight excluding hydrogens is 300 g/mol. The zero-order valence-corrected chi connectivity index (χ0v) is 14.5. The maximum atomic E-state index is 6.07. The van der Waals surface area contributed by atoms with Crippen molar-refractivity contribution in [3.05, 3.63) is 29.8 Å². The standard InChI is InChI=1S/C19H30N4O/c20-19(22-17-5-3-1-2-4-6-17)21-15-16-7-9-18(10-8-16)23-11-13-24-14-12-23/h7-10,17H,1-6,11-15H2,(H3,20,21,22). The van der Waals surface area contributed by atoms with Gasteiger partial charge in [0.1, 0.15) is 0 Å². The predicted molar refractivity (Wildman–Crippen MR) is 99.4 cm³/mol. The maximum absolute atomic E-state index is 6.07. The number of benzene rings is 1. The molecule has 0 aromatic heterocycles. The lowest BCUT2D eigenvalue weighted by Gasteiger charge is -2.28. The number of ether oxygens (including phenoxy) is 1. The minimum atomic E-state index is 0.500. The summed E-state index contributed by atoms with van der Waals surface area (Å²) in [6.45, 7) is 4.20. The van der Waals surface area contributed by atoms with E-state index in [0.717, 1.165) is 26.3 Å². The molecule has 0 spiro atoms. The Balaban J connectivity index is 1.49. The Hall–Kier alpha value is -1.75. The summed E-state index contributed by atoms with van der Waals surface area (Å²) < 4.78 is 5.40. The molecule has 1 aromatic rings. The zero-order chi connectivity index (χ0) is 16.6. The minimum Gasteiger partial charge on any atom is -0.378 e. The van der Waals surface area contributed by atoms with Crippen molar-refractivity contribution >= 4 is 11.6 Å². The summed E-state index contributed by atoms with van der Waals surface area (Å²) in [7, 11) is 0. The van der Waals surface area contributed by atoms with Gasteiger partial charge in [0, 0.05) is 24.8 Å². The Morgan fingerprint density at radius 2 is 1.75 bits per heavy atom. The number of hydrogen-bond acceptors (Lipinski definition) is 3. The first kappa shape index (κ1) is 17.1. The molecular formula is C19H30N4O. The highest BCUT2D eigenvalue weighted by Crippen LogP contribution is 2.18. The number of aliphatic imine (C=N–C) groups is 1. The molecule has 1 saturated heterocycles. The number of nitrogens with one attached hydrogen (secondary N) is 1. The Morgan fingerprint density at radius 1 is 1.08 bits per heavy atom. The van der Waals surface area contributed by atoms with E-state index in [2.05, 4.69) is 39.5 Å². The second-order valence-corrected chi connectivity index (χ2v) is 6.80. The van der Waals surface area contributed by atoms with Crippen molar-refractivity contribution < 1.29 is 4.74 Å². The Bertz CT molecular complexity index is 515. The summed E-state index contributed by atoms with van der Waals surface area (Å²) in [6.07, 6.45) is 7.73. The van der Waals surface area contributed by atoms with Crippen LogP contribution in [0, 0.1) is 0 Å². The number of guanidine groups is 1. The smallest absolute Gasteiger partial charge is 0.189 e. The molecule has 5 nitrogen and oxygen atoms in total. The fourth-order valence-electron chi connectivity index (χ4n) is 3.49. The molecule has 0 bridgehead atoms. The Kier molecular flexibility index (Phi) is 6.35. The van der Waals surface area contributed by atoms with Crippen molar-refractivity contribution in [1.29, 1.82) is 0 Å². The van der Waals surface area contributed by atoms with Gasteiger partial charge in [-0.15, -0.1) is 0 Å². The van der Waals surface area contributed by atoms with Gasteiger partial charge in [0.15, 0.2) is 5.96 Å². The molecule has 1 saturated carbocycles. The van der Waals surface area contributed by atoms with Gasteiger partial charge in [-0.3, -0.25) is 0 Å². The summed E-state index contributed by atoms with van der Waals surface area (Å²) in [6, 6.07) is 9.14. The molecule has 1 aliphatic heterocycles. The van der Waals surface area contributed by atoms with Crippen molar-refractivity contribution in [2.75, 3.05) is 31.2 Å². The van der Waals surface area contributed by atoms with Gasteiger partial charge in [0.05, 0.1) is 19.8 Å². The van der Waals surface area contributed by atoms with Crippen LogP contribution in [-0.4, -0.2) is 38.3 Å². The second-order valence-electron chi connectivity index (χ2n) is 6.80. The summed E-state index contributed by atoms with van der Waals surface area (Å²) >= 11 is 0. The molecule has 5 heteroatoms. The molecule has 0 radical (unpaired) electrons. The fraction of sp³-hybridized carbons (Fsp3) is 0.632. The summed E-state index contributed by atoms with van der Waals surface area (Å²) in [5.41, 5.74) is 8.52. The van der Waals surface area contributed by atoms with Crippen molar-refractivity contribution in [1.82, 2.24) is 5.32 Å². The summed E-state index contributed by atoms with van der Waals surface area (Å²) in [5, 5.41) is 3.40. The molecule has 1 heterocycles. The minimum absolute atomic E-state index is 0.500. The first-order valence-electron chi connectivity index (χ1n) is 9.29. The SMILES string of the molecule is NC(=NCc1ccc(N2CCOCC2)cc1)NC1CCCCCC1. The lowest BCUT2D eigenvalue weighted by atomic mass is 10.1. The number of anilines is 1. The average molecular weight is 330 g/mol. The van der Waals surface area contributed by atoms with Gasteiger partial charge >= 0.3 is 0 Å². The van der Waals surface area contributed by atoms with Gasteiger partial charge in [-0.1, -0.05) is 37.8 Å². The van der Waals surface area contributed by atoms with Gasteiger partial charge < -0.3 is 20.7 Å². The average Bonchev–Trinajstić information content (AvgIpc) is 2.90. The fourth-order valence-corrected chi connectivity index (χ4v) is 3.49. The van der Waals surface area contributed by atoms with E-state index in [1.54, 1.807) is 0 Å². The van der Waals surface area contributed by atoms with E-state index in [1.807, 2.05) is 0 Å². The van der Waals surface area contributed by atoms with Gasteiger partial charge in [0.25, 0.3) is 0 Å². The van der Waals surface area contributed by atoms with Gasteiger partial charge in [-0.2, -0.15) is 0 Å². The third kappa shape index (κ3) is 5.13. The van der Waals surface area contributed by atoms with E-state index < -0.39 is 0 Å². The number of nitrogens with zero attached hydrogens (tertiary/aromatic N) is 2. The van der Waals surface area contributed by atoms with Gasteiger partial charge in [0.2, 0.25) is 0 Å². The normalized spacial score (nSPS) is 20.7. The largest absolute Gasteiger partial charge is 0.378 e. The van der Waals surface area contributed by atoms with Crippen LogP contribution in [0.4, 0.5) is 5.69 Å². The molecule has 1 aliphatic carbocycles. The highest BCUT2D eigenvalue weighted by molar-refractivity contribution is 5.78. The van der Waals surface area contributed by atoms with Crippen LogP contribution >= 0.6 is 0 Å². The lowest BCUT2D eigenvalue weighted by Crippen LogP contribution is -2.39. The number of hydrogen-bond donors (Lipinski definition) is 2. The van der Waals surface area contributed by atoms with Crippen molar-refractivity contribution in [3.63, 3.8) is 0 Å². The maximum Gasteiger partial charge on any atom is 0.189 e. The first-order valence-corrected chi connectivity index (χ1v) is 9.29. The van der Waals surface area contributed by atoms with E-state index in [1.165, 1.54) is 49.8 Å². The quantitative estimate of drug-likeness (QED) is 0.506. The van der Waals surface area contributed by atoms with Gasteiger partial charge in [-0.05, 0) is 30.5 Å². The van der Waals surface area contributed by atoms with E-state index >= 15 is 0 Å². The van der Waals surface area contributed by atoms with Crippen LogP contribution in [0.25, 0.3) is 0 Å². The van der Waals surface area contributed by atoms with Crippen LogP contribution in [0.5, 0.6) is 0 Å². The topological polar surface area (TPSA) is 62.9 Å². The van der Waals surface area contributed by atoms with Crippen molar-refractivity contribution in [2.24, 2.45) is 10.7 Å². The van der Waals surface area contributed by atoms with Crippen molar-refractivity contribution in [2.45, 2.75) is 51.1 Å². The molecule has 0 unspecified atom stereocenters. The molecule has 132 valence electrons. The van der Waals surface area contributed by atoms with Crippen LogP contribution in [0.3, 0.4) is 0 Å². The van der Waals surface area contributed by atoms with Crippen molar-refractivity contribution in [3.8, 4) is 0 Å². The number of nitrogens with two attached hydrogens (primary N) is 1. The third-order valence-corrected chi connectivity index (χ3v) is 4.95. The molecule has 24 heavy (non-hydrogen) atoms. The van der Waals surface area contributed by atoms with E-state index in [4.69, 9.17) is 10.5 Å². The molecule has 3 N–H and O–H groups in total. The monoisotopic (exact) mass is 330 g/mol. The molecule has 0 atom stereocenters. The molecule has 0 amide bonds. The van der Waals surface area contributed by atoms with Crippen LogP contribution in [0.2, 0.25) is 0 Å². The van der Waals surface area contributed by atoms with Crippen LogP contribution in [-0.2, 0) is 11.3 Å². The van der Waals surface area contributed by atoms with E-state index in [9.17, 15) is 0 Å². The van der Waals surface area contributed by atoms with E-state index in [-0.39, 0.29) is 0 Å². The van der Waals surface area contributed by atoms with Gasteiger partial charge in [-0.25, -0.2) is 4.99 Å². The number of morpholine rings is 1.